The molecule has 0 aliphatic carbocycles. The van der Waals surface area contributed by atoms with Crippen LogP contribution in [0.25, 0.3) is 0 Å². The van der Waals surface area contributed by atoms with Crippen molar-refractivity contribution in [2.45, 2.75) is 31.9 Å². The van der Waals surface area contributed by atoms with Gasteiger partial charge in [-0.25, -0.2) is 9.59 Å². The fourth-order valence-electron chi connectivity index (χ4n) is 1.90. The molecule has 0 aromatic rings. The molecule has 16 heavy (non-hydrogen) atoms. The van der Waals surface area contributed by atoms with E-state index in [0.717, 1.165) is 0 Å². The summed E-state index contributed by atoms with van der Waals surface area (Å²) < 4.78 is 9.74. The summed E-state index contributed by atoms with van der Waals surface area (Å²) in [6, 6.07) is -0.904. The molecule has 1 heterocycles. The van der Waals surface area contributed by atoms with E-state index in [4.69, 9.17) is 9.84 Å². The lowest BCUT2D eigenvalue weighted by molar-refractivity contribution is -0.142. The Morgan fingerprint density at radius 2 is 2.25 bits per heavy atom. The molecule has 0 spiro atoms. The highest BCUT2D eigenvalue weighted by Gasteiger charge is 2.33. The first-order valence-corrected chi connectivity index (χ1v) is 5.23. The maximum absolute atomic E-state index is 11.0. The number of carboxylic acids is 1. The summed E-state index contributed by atoms with van der Waals surface area (Å²) in [6.45, 7) is 2.42. The number of rotatable bonds is 3. The van der Waals surface area contributed by atoms with Crippen LogP contribution in [0.1, 0.15) is 19.8 Å². The van der Waals surface area contributed by atoms with Gasteiger partial charge < -0.3 is 19.9 Å². The highest BCUT2D eigenvalue weighted by Crippen LogP contribution is 2.23. The van der Waals surface area contributed by atoms with Gasteiger partial charge in [0.2, 0.25) is 0 Å². The van der Waals surface area contributed by atoms with E-state index in [1.165, 1.54) is 7.11 Å². The molecule has 1 aliphatic heterocycles. The van der Waals surface area contributed by atoms with Gasteiger partial charge in [0, 0.05) is 6.61 Å². The van der Waals surface area contributed by atoms with Gasteiger partial charge in [-0.1, -0.05) is 0 Å². The molecule has 0 aromatic heterocycles. The summed E-state index contributed by atoms with van der Waals surface area (Å²) in [5.41, 5.74) is 0. The van der Waals surface area contributed by atoms with Crippen LogP contribution in [0.4, 0.5) is 4.79 Å². The molecule has 6 nitrogen and oxygen atoms in total. The van der Waals surface area contributed by atoms with E-state index in [2.05, 4.69) is 10.1 Å². The quantitative estimate of drug-likeness (QED) is 0.743. The minimum Gasteiger partial charge on any atom is -0.480 e. The Balaban J connectivity index is 2.61. The van der Waals surface area contributed by atoms with Crippen LogP contribution in [0, 0.1) is 5.92 Å². The molecule has 0 saturated carbocycles. The number of methoxy groups -OCH3 is 1. The van der Waals surface area contributed by atoms with Gasteiger partial charge in [-0.15, -0.1) is 0 Å². The zero-order valence-electron chi connectivity index (χ0n) is 9.43. The lowest BCUT2D eigenvalue weighted by Crippen LogP contribution is -2.48. The molecule has 3 atom stereocenters. The molecule has 1 aliphatic rings. The molecule has 0 radical (unpaired) electrons. The number of aliphatic carboxylic acids is 1. The van der Waals surface area contributed by atoms with Crippen LogP contribution in [0.3, 0.4) is 0 Å². The minimum absolute atomic E-state index is 0.0278. The third-order valence-corrected chi connectivity index (χ3v) is 2.72. The molecule has 1 saturated heterocycles. The highest BCUT2D eigenvalue weighted by atomic mass is 16.5. The van der Waals surface area contributed by atoms with Crippen molar-refractivity contribution in [1.29, 1.82) is 0 Å². The average molecular weight is 231 g/mol. The normalized spacial score (nSPS) is 26.9. The molecule has 6 heteroatoms. The zero-order chi connectivity index (χ0) is 12.1. The zero-order valence-corrected chi connectivity index (χ0v) is 9.43. The lowest BCUT2D eigenvalue weighted by atomic mass is 9.89. The molecule has 92 valence electrons. The van der Waals surface area contributed by atoms with E-state index in [-0.39, 0.29) is 12.0 Å². The lowest BCUT2D eigenvalue weighted by Gasteiger charge is -2.31. The molecular weight excluding hydrogens is 214 g/mol. The van der Waals surface area contributed by atoms with Crippen LogP contribution in [0.15, 0.2) is 0 Å². The van der Waals surface area contributed by atoms with Crippen molar-refractivity contribution in [3.05, 3.63) is 0 Å². The van der Waals surface area contributed by atoms with Gasteiger partial charge in [-0.2, -0.15) is 0 Å². The van der Waals surface area contributed by atoms with Gasteiger partial charge in [0.1, 0.15) is 6.04 Å². The SMILES string of the molecule is COC(=O)NC(C(=O)O)C1CCO[C@H](C)C1. The molecule has 2 unspecified atom stereocenters. The van der Waals surface area contributed by atoms with Gasteiger partial charge in [-0.3, -0.25) is 0 Å². The van der Waals surface area contributed by atoms with Crippen molar-refractivity contribution in [1.82, 2.24) is 5.32 Å². The summed E-state index contributed by atoms with van der Waals surface area (Å²) in [5, 5.41) is 11.4. The van der Waals surface area contributed by atoms with Crippen LogP contribution in [0.5, 0.6) is 0 Å². The first-order chi connectivity index (χ1) is 7.54. The van der Waals surface area contributed by atoms with E-state index < -0.39 is 18.1 Å². The van der Waals surface area contributed by atoms with Gasteiger partial charge in [0.05, 0.1) is 13.2 Å². The molecule has 2 N–H and O–H groups in total. The topological polar surface area (TPSA) is 84.9 Å². The number of nitrogens with one attached hydrogen (secondary N) is 1. The second-order valence-electron chi connectivity index (χ2n) is 3.92. The van der Waals surface area contributed by atoms with Crippen molar-refractivity contribution in [3.63, 3.8) is 0 Å². The number of hydrogen-bond acceptors (Lipinski definition) is 4. The molecular formula is C10H17NO5. The standard InChI is InChI=1S/C10H17NO5/c1-6-5-7(3-4-16-6)8(9(12)13)11-10(14)15-2/h6-8H,3-5H2,1-2H3,(H,11,14)(H,12,13)/t6-,7?,8?/m1/s1. The Morgan fingerprint density at radius 1 is 1.56 bits per heavy atom. The van der Waals surface area contributed by atoms with E-state index in [0.29, 0.717) is 19.4 Å². The molecule has 0 aromatic carbocycles. The van der Waals surface area contributed by atoms with Crippen LogP contribution >= 0.6 is 0 Å². The maximum Gasteiger partial charge on any atom is 0.407 e. The third kappa shape index (κ3) is 3.37. The summed E-state index contributed by atoms with van der Waals surface area (Å²) >= 11 is 0. The Morgan fingerprint density at radius 3 is 2.75 bits per heavy atom. The largest absolute Gasteiger partial charge is 0.480 e. The second-order valence-corrected chi connectivity index (χ2v) is 3.92. The first-order valence-electron chi connectivity index (χ1n) is 5.23. The van der Waals surface area contributed by atoms with Crippen molar-refractivity contribution >= 4 is 12.1 Å². The number of alkyl carbamates (subject to hydrolysis) is 1. The molecule has 1 rings (SSSR count). The fraction of sp³-hybridized carbons (Fsp3) is 0.800. The van der Waals surface area contributed by atoms with Crippen LogP contribution < -0.4 is 5.32 Å². The number of hydrogen-bond donors (Lipinski definition) is 2. The Hall–Kier alpha value is -1.30. The Bertz CT molecular complexity index is 268. The maximum atomic E-state index is 11.0. The van der Waals surface area contributed by atoms with Crippen LogP contribution in [-0.2, 0) is 14.3 Å². The van der Waals surface area contributed by atoms with Crippen molar-refractivity contribution < 1.29 is 24.2 Å². The van der Waals surface area contributed by atoms with E-state index >= 15 is 0 Å². The summed E-state index contributed by atoms with van der Waals surface area (Å²) in [6.07, 6.45) is 0.568. The molecule has 1 amide bonds. The predicted molar refractivity (Wildman–Crippen MR) is 55.1 cm³/mol. The smallest absolute Gasteiger partial charge is 0.407 e. The van der Waals surface area contributed by atoms with Crippen molar-refractivity contribution in [3.8, 4) is 0 Å². The summed E-state index contributed by atoms with van der Waals surface area (Å²) in [4.78, 5) is 22.1. The number of carbonyl (C=O) groups is 2. The van der Waals surface area contributed by atoms with Crippen molar-refractivity contribution in [2.24, 2.45) is 5.92 Å². The molecule has 0 bridgehead atoms. The monoisotopic (exact) mass is 231 g/mol. The van der Waals surface area contributed by atoms with E-state index in [9.17, 15) is 9.59 Å². The van der Waals surface area contributed by atoms with Gasteiger partial charge >= 0.3 is 12.1 Å². The number of carboxylic acid groups (broad SMARTS) is 1. The molecule has 1 fully saturated rings. The van der Waals surface area contributed by atoms with E-state index in [1.54, 1.807) is 0 Å². The highest BCUT2D eigenvalue weighted by molar-refractivity contribution is 5.80. The minimum atomic E-state index is -1.04. The Kier molecular flexibility index (Phi) is 4.54. The van der Waals surface area contributed by atoms with Crippen LogP contribution in [0.2, 0.25) is 0 Å². The summed E-state index contributed by atoms with van der Waals surface area (Å²) in [7, 11) is 1.21. The number of ether oxygens (including phenoxy) is 2. The Labute approximate surface area is 93.9 Å². The summed E-state index contributed by atoms with van der Waals surface area (Å²) in [5.74, 6) is -1.15. The number of carbonyl (C=O) groups excluding carboxylic acids is 1. The van der Waals surface area contributed by atoms with Crippen LogP contribution in [-0.4, -0.2) is 43.0 Å². The van der Waals surface area contributed by atoms with Gasteiger partial charge in [-0.05, 0) is 25.7 Å². The van der Waals surface area contributed by atoms with E-state index in [1.807, 2.05) is 6.92 Å². The predicted octanol–water partition coefficient (Wildman–Crippen LogP) is 0.611. The van der Waals surface area contributed by atoms with Gasteiger partial charge in [0.15, 0.2) is 0 Å². The van der Waals surface area contributed by atoms with Gasteiger partial charge in [0.25, 0.3) is 0 Å². The third-order valence-electron chi connectivity index (χ3n) is 2.72. The number of amides is 1. The average Bonchev–Trinajstić information content (AvgIpc) is 2.25. The first kappa shape index (κ1) is 12.8. The van der Waals surface area contributed by atoms with Crippen molar-refractivity contribution in [2.75, 3.05) is 13.7 Å². The fourth-order valence-corrected chi connectivity index (χ4v) is 1.90. The second kappa shape index (κ2) is 5.69.